The molecule has 52 valence electrons. The van der Waals surface area contributed by atoms with Crippen molar-refractivity contribution >= 4 is 11.9 Å². The fourth-order valence-corrected chi connectivity index (χ4v) is 0.275. The Hall–Kier alpha value is -1.10. The molecular formula is C4H7NO4. The second-order valence-corrected chi connectivity index (χ2v) is 1.54. The molecule has 0 aliphatic carbocycles. The molecule has 0 fully saturated rings. The minimum Gasteiger partial charge on any atom is -0.481 e. The third-order valence-corrected chi connectivity index (χ3v) is 0.712. The van der Waals surface area contributed by atoms with Crippen LogP contribution < -0.4 is 5.73 Å². The van der Waals surface area contributed by atoms with Gasteiger partial charge in [0.1, 0.15) is 6.04 Å². The van der Waals surface area contributed by atoms with Gasteiger partial charge in [0.15, 0.2) is 0 Å². The lowest BCUT2D eigenvalue weighted by molar-refractivity contribution is -0.144. The molecule has 1 atom stereocenters. The van der Waals surface area contributed by atoms with E-state index in [1.165, 1.54) is 0 Å². The first-order valence-electron chi connectivity index (χ1n) is 2.24. The minimum atomic E-state index is -1.29. The molecule has 0 heterocycles. The summed E-state index contributed by atoms with van der Waals surface area (Å²) in [6.07, 6.45) is -0.532. The summed E-state index contributed by atoms with van der Waals surface area (Å²) in [4.78, 5) is 19.6. The van der Waals surface area contributed by atoms with E-state index in [0.717, 1.165) is 0 Å². The molecular weight excluding hydrogens is 130 g/mol. The van der Waals surface area contributed by atoms with Gasteiger partial charge in [0.05, 0.1) is 6.42 Å². The molecule has 0 rings (SSSR count). The first-order chi connectivity index (χ1) is 4.04. The third kappa shape index (κ3) is 3.48. The summed E-state index contributed by atoms with van der Waals surface area (Å²) in [5.74, 6) is -2.50. The standard InChI is InChI=1S/C4H7NO4/c5-2(4(8)9)1-3(6)7/h2H,1,5H2,(H,6,7)(H,8,9)/t2-/m1/s1/i1+1,2+1,3+1,4+1. The molecule has 4 N–H and O–H groups in total. The van der Waals surface area contributed by atoms with Gasteiger partial charge in [0.2, 0.25) is 0 Å². The first kappa shape index (κ1) is 7.90. The highest BCUT2D eigenvalue weighted by Crippen LogP contribution is 1.86. The number of nitrogens with two attached hydrogens (primary N) is 1. The summed E-state index contributed by atoms with van der Waals surface area (Å²) in [6.45, 7) is 0. The van der Waals surface area contributed by atoms with Crippen molar-refractivity contribution in [1.29, 1.82) is 0 Å². The summed E-state index contributed by atoms with van der Waals surface area (Å²) in [6, 6.07) is -1.29. The molecule has 0 spiro atoms. The van der Waals surface area contributed by atoms with Gasteiger partial charge in [-0.25, -0.2) is 0 Å². The maximum atomic E-state index is 9.85. The monoisotopic (exact) mass is 137 g/mol. The van der Waals surface area contributed by atoms with Crippen LogP contribution in [0.2, 0.25) is 0 Å². The van der Waals surface area contributed by atoms with Crippen LogP contribution in [0.1, 0.15) is 6.42 Å². The van der Waals surface area contributed by atoms with Crippen molar-refractivity contribution in [2.75, 3.05) is 0 Å². The average molecular weight is 137 g/mol. The number of rotatable bonds is 3. The molecule has 0 aliphatic heterocycles. The van der Waals surface area contributed by atoms with Gasteiger partial charge in [-0.3, -0.25) is 9.59 Å². The molecule has 5 heteroatoms. The molecule has 9 heavy (non-hydrogen) atoms. The van der Waals surface area contributed by atoms with E-state index >= 15 is 0 Å². The molecule has 0 amide bonds. The number of hydrogen-bond acceptors (Lipinski definition) is 3. The fourth-order valence-electron chi connectivity index (χ4n) is 0.275. The molecule has 0 aromatic carbocycles. The van der Waals surface area contributed by atoms with Gasteiger partial charge >= 0.3 is 11.9 Å². The number of carboxylic acid groups (broad SMARTS) is 2. The molecule has 0 saturated heterocycles. The van der Waals surface area contributed by atoms with Gasteiger partial charge in [-0.1, -0.05) is 0 Å². The van der Waals surface area contributed by atoms with Crippen LogP contribution in [-0.4, -0.2) is 28.2 Å². The van der Waals surface area contributed by atoms with Crippen LogP contribution in [0.3, 0.4) is 0 Å². The van der Waals surface area contributed by atoms with Crippen molar-refractivity contribution in [2.24, 2.45) is 5.73 Å². The van der Waals surface area contributed by atoms with Crippen LogP contribution >= 0.6 is 0 Å². The highest BCUT2D eigenvalue weighted by atomic mass is 16.5. The van der Waals surface area contributed by atoms with E-state index in [-0.39, 0.29) is 0 Å². The van der Waals surface area contributed by atoms with Gasteiger partial charge in [-0.15, -0.1) is 0 Å². The molecule has 0 radical (unpaired) electrons. The number of carbonyl (C=O) groups is 2. The predicted octanol–water partition coefficient (Wildman–Crippen LogP) is -1.13. The lowest BCUT2D eigenvalue weighted by atomic mass is 11.2. The Morgan fingerprint density at radius 1 is 1.44 bits per heavy atom. The van der Waals surface area contributed by atoms with E-state index < -0.39 is 24.4 Å². The van der Waals surface area contributed by atoms with Gasteiger partial charge < -0.3 is 15.9 Å². The van der Waals surface area contributed by atoms with Gasteiger partial charge in [-0.2, -0.15) is 0 Å². The zero-order chi connectivity index (χ0) is 7.44. The van der Waals surface area contributed by atoms with E-state index in [2.05, 4.69) is 0 Å². The Kier molecular flexibility index (Phi) is 2.66. The van der Waals surface area contributed by atoms with E-state index in [1.807, 2.05) is 0 Å². The summed E-state index contributed by atoms with van der Waals surface area (Å²) in [5.41, 5.74) is 4.84. The van der Waals surface area contributed by atoms with Gasteiger partial charge in [-0.05, 0) is 0 Å². The predicted molar refractivity (Wildman–Crippen MR) is 27.9 cm³/mol. The molecule has 0 bridgehead atoms. The average Bonchev–Trinajstić information content (AvgIpc) is 1.63. The second-order valence-electron chi connectivity index (χ2n) is 1.54. The van der Waals surface area contributed by atoms with Crippen molar-refractivity contribution in [3.05, 3.63) is 0 Å². The van der Waals surface area contributed by atoms with E-state index in [0.29, 0.717) is 0 Å². The Bertz CT molecular complexity index is 133. The van der Waals surface area contributed by atoms with E-state index in [1.54, 1.807) is 0 Å². The van der Waals surface area contributed by atoms with E-state index in [4.69, 9.17) is 15.9 Å². The van der Waals surface area contributed by atoms with Crippen LogP contribution in [0.15, 0.2) is 0 Å². The van der Waals surface area contributed by atoms with Gasteiger partial charge in [0.25, 0.3) is 0 Å². The largest absolute Gasteiger partial charge is 0.481 e. The zero-order valence-electron chi connectivity index (χ0n) is 4.57. The quantitative estimate of drug-likeness (QED) is 0.427. The van der Waals surface area contributed by atoms with E-state index in [9.17, 15) is 9.59 Å². The molecule has 0 unspecified atom stereocenters. The zero-order valence-corrected chi connectivity index (χ0v) is 4.57. The highest BCUT2D eigenvalue weighted by Gasteiger charge is 2.14. The van der Waals surface area contributed by atoms with Crippen molar-refractivity contribution in [3.63, 3.8) is 0 Å². The smallest absolute Gasteiger partial charge is 0.321 e. The first-order valence-corrected chi connectivity index (χ1v) is 2.24. The fraction of sp³-hybridized carbons (Fsp3) is 0.500. The van der Waals surface area contributed by atoms with Crippen LogP contribution in [-0.2, 0) is 9.59 Å². The minimum absolute atomic E-state index is 0.532. The summed E-state index contributed by atoms with van der Waals surface area (Å²) in [7, 11) is 0. The molecule has 0 aromatic rings. The molecule has 0 aliphatic rings. The Morgan fingerprint density at radius 3 is 2.00 bits per heavy atom. The van der Waals surface area contributed by atoms with Crippen molar-refractivity contribution in [2.45, 2.75) is 12.5 Å². The number of hydrogen-bond donors (Lipinski definition) is 3. The Morgan fingerprint density at radius 2 is 1.89 bits per heavy atom. The molecule has 0 aromatic heterocycles. The molecule has 5 nitrogen and oxygen atoms in total. The maximum Gasteiger partial charge on any atom is 0.321 e. The van der Waals surface area contributed by atoms with Crippen LogP contribution in [0.25, 0.3) is 0 Å². The SMILES string of the molecule is N[13C@H]([13CH2][13C](=O)O)[13C](=O)O. The van der Waals surface area contributed by atoms with Crippen LogP contribution in [0.4, 0.5) is 0 Å². The Balaban J connectivity index is 3.63. The Labute approximate surface area is 51.1 Å². The van der Waals surface area contributed by atoms with Crippen LogP contribution in [0.5, 0.6) is 0 Å². The lowest BCUT2D eigenvalue weighted by Gasteiger charge is -1.99. The summed E-state index contributed by atoms with van der Waals surface area (Å²) >= 11 is 0. The van der Waals surface area contributed by atoms with Crippen LogP contribution in [0, 0.1) is 0 Å². The number of aliphatic carboxylic acids is 2. The lowest BCUT2D eigenvalue weighted by Crippen LogP contribution is -2.32. The second kappa shape index (κ2) is 3.03. The van der Waals surface area contributed by atoms with Gasteiger partial charge in [0, 0.05) is 0 Å². The summed E-state index contributed by atoms with van der Waals surface area (Å²) in [5, 5.41) is 16.0. The van der Waals surface area contributed by atoms with Crippen molar-refractivity contribution in [3.8, 4) is 0 Å². The maximum absolute atomic E-state index is 9.85. The summed E-state index contributed by atoms with van der Waals surface area (Å²) < 4.78 is 0. The number of carboxylic acids is 2. The topological polar surface area (TPSA) is 101 Å². The third-order valence-electron chi connectivity index (χ3n) is 0.712. The highest BCUT2D eigenvalue weighted by molar-refractivity contribution is 5.80. The van der Waals surface area contributed by atoms with Crippen molar-refractivity contribution in [1.82, 2.24) is 0 Å². The van der Waals surface area contributed by atoms with Crippen molar-refractivity contribution < 1.29 is 19.8 Å². The normalized spacial score (nSPS) is 12.6. The molecule has 0 saturated carbocycles.